The molecule has 0 spiro atoms. The number of allylic oxidation sites excluding steroid dienone is 1. The van der Waals surface area contributed by atoms with Crippen molar-refractivity contribution in [3.8, 4) is 0 Å². The molecule has 1 amide bonds. The number of halogens is 1. The van der Waals surface area contributed by atoms with Crippen molar-refractivity contribution in [3.05, 3.63) is 10.6 Å². The summed E-state index contributed by atoms with van der Waals surface area (Å²) >= 11 is 3.84. The summed E-state index contributed by atoms with van der Waals surface area (Å²) in [5.74, 6) is -1.36. The minimum Gasteiger partial charge on any atom is -0.477 e. The van der Waals surface area contributed by atoms with E-state index < -0.39 is 14.3 Å². The third kappa shape index (κ3) is 3.96. The van der Waals surface area contributed by atoms with Gasteiger partial charge in [-0.3, -0.25) is 9.69 Å². The van der Waals surface area contributed by atoms with E-state index in [0.717, 1.165) is 22.2 Å². The van der Waals surface area contributed by atoms with Crippen LogP contribution in [0.1, 0.15) is 40.5 Å². The van der Waals surface area contributed by atoms with Crippen LogP contribution in [-0.4, -0.2) is 46.1 Å². The van der Waals surface area contributed by atoms with Crippen LogP contribution in [-0.2, 0) is 14.0 Å². The number of carboxylic acid groups (broad SMARTS) is 1. The number of nitrogens with zero attached hydrogens (tertiary/aromatic N) is 1. The van der Waals surface area contributed by atoms with Gasteiger partial charge in [0.05, 0.1) is 12.0 Å². The summed E-state index contributed by atoms with van der Waals surface area (Å²) in [4.78, 5) is 26.7. The van der Waals surface area contributed by atoms with E-state index in [4.69, 9.17) is 4.43 Å². The first kappa shape index (κ1) is 21.2. The molecule has 2 aliphatic rings. The van der Waals surface area contributed by atoms with Crippen molar-refractivity contribution < 1.29 is 19.1 Å². The largest absolute Gasteiger partial charge is 0.477 e. The summed E-state index contributed by atoms with van der Waals surface area (Å²) in [5.41, 5.74) is 0.195. The second kappa shape index (κ2) is 7.51. The van der Waals surface area contributed by atoms with Gasteiger partial charge in [-0.2, -0.15) is 0 Å². The van der Waals surface area contributed by atoms with Gasteiger partial charge in [0.25, 0.3) is 0 Å². The van der Waals surface area contributed by atoms with Crippen molar-refractivity contribution >= 4 is 54.5 Å². The second-order valence-corrected chi connectivity index (χ2v) is 15.2. The van der Waals surface area contributed by atoms with Gasteiger partial charge >= 0.3 is 5.97 Å². The van der Waals surface area contributed by atoms with Crippen molar-refractivity contribution in [2.75, 3.05) is 4.43 Å². The number of hydrogen-bond donors (Lipinski definition) is 1. The van der Waals surface area contributed by atoms with Crippen LogP contribution in [0.5, 0.6) is 0 Å². The Hall–Kier alpha value is -0.0631. The Morgan fingerprint density at radius 3 is 2.52 bits per heavy atom. The van der Waals surface area contributed by atoms with Gasteiger partial charge in [-0.15, -0.1) is 11.8 Å². The van der Waals surface area contributed by atoms with Crippen LogP contribution in [0.15, 0.2) is 10.6 Å². The van der Waals surface area contributed by atoms with Crippen molar-refractivity contribution in [1.82, 2.24) is 4.90 Å². The average molecular weight is 497 g/mol. The number of hydrogen-bond acceptors (Lipinski definition) is 4. The van der Waals surface area contributed by atoms with Gasteiger partial charge in [0, 0.05) is 4.91 Å². The summed E-state index contributed by atoms with van der Waals surface area (Å²) in [7, 11) is -1.97. The highest BCUT2D eigenvalue weighted by Crippen LogP contribution is 2.52. The van der Waals surface area contributed by atoms with Crippen LogP contribution in [0.25, 0.3) is 0 Å². The molecule has 142 valence electrons. The van der Waals surface area contributed by atoms with Crippen LogP contribution in [0.3, 0.4) is 0 Å². The highest BCUT2D eigenvalue weighted by molar-refractivity contribution is 14.1. The molecule has 2 heterocycles. The number of carbonyl (C=O) groups excluding carboxylic acids is 1. The van der Waals surface area contributed by atoms with E-state index in [2.05, 4.69) is 56.5 Å². The number of alkyl halides is 1. The molecule has 25 heavy (non-hydrogen) atoms. The van der Waals surface area contributed by atoms with Gasteiger partial charge in [-0.25, -0.2) is 4.79 Å². The zero-order valence-electron chi connectivity index (χ0n) is 15.8. The molecule has 0 saturated carbocycles. The normalized spacial score (nSPS) is 25.1. The van der Waals surface area contributed by atoms with Gasteiger partial charge in [0.2, 0.25) is 5.91 Å². The van der Waals surface area contributed by atoms with Crippen molar-refractivity contribution in [1.29, 1.82) is 0 Å². The molecule has 1 N–H and O–H groups in total. The van der Waals surface area contributed by atoms with E-state index in [0.29, 0.717) is 0 Å². The molecular weight excluding hydrogens is 469 g/mol. The lowest BCUT2D eigenvalue weighted by Crippen LogP contribution is -2.62. The van der Waals surface area contributed by atoms with Crippen LogP contribution in [0, 0.1) is 5.92 Å². The van der Waals surface area contributed by atoms with Crippen molar-refractivity contribution in [2.24, 2.45) is 5.92 Å². The summed E-state index contributed by atoms with van der Waals surface area (Å²) in [6.07, 6.45) is 1.45. The lowest BCUT2D eigenvalue weighted by Gasteiger charge is -2.48. The fourth-order valence-corrected chi connectivity index (χ4v) is 6.42. The molecule has 0 aromatic carbocycles. The molecule has 8 heteroatoms. The Morgan fingerprint density at radius 2 is 2.04 bits per heavy atom. The molecule has 0 bridgehead atoms. The van der Waals surface area contributed by atoms with Gasteiger partial charge in [-0.1, -0.05) is 43.4 Å². The molecule has 5 nitrogen and oxygen atoms in total. The zero-order chi connectivity index (χ0) is 19.2. The second-order valence-electron chi connectivity index (χ2n) is 8.20. The molecular formula is C17H28INO4SSi. The third-order valence-electron chi connectivity index (χ3n) is 5.38. The minimum atomic E-state index is -1.97. The molecule has 2 aliphatic heterocycles. The molecule has 1 saturated heterocycles. The molecule has 2 rings (SSSR count). The maximum atomic E-state index is 12.7. The highest BCUT2D eigenvalue weighted by Gasteiger charge is 2.58. The summed E-state index contributed by atoms with van der Waals surface area (Å²) < 4.78 is 7.38. The quantitative estimate of drug-likeness (QED) is 0.244. The molecule has 0 radical (unpaired) electrons. The highest BCUT2D eigenvalue weighted by atomic mass is 127. The Labute approximate surface area is 169 Å². The smallest absolute Gasteiger partial charge is 0.353 e. The van der Waals surface area contributed by atoms with Gasteiger partial charge in [-0.05, 0) is 42.3 Å². The molecule has 0 unspecified atom stereocenters. The van der Waals surface area contributed by atoms with Crippen LogP contribution < -0.4 is 0 Å². The number of amides is 1. The standard InChI is InChI=1S/C17H28INO4SSi/c1-10(23-25(5,6)17(2,3)4)12-14(20)19-13(16(21)22)11(8-7-9-18)24-15(12)19/h10,12,15H,7-9H2,1-6H3,(H,21,22)/t10-,12+,15-/m1/s1. The fraction of sp³-hybridized carbons (Fsp3) is 0.765. The van der Waals surface area contributed by atoms with Crippen LogP contribution in [0.4, 0.5) is 0 Å². The molecule has 0 aromatic rings. The van der Waals surface area contributed by atoms with Gasteiger partial charge in [0.1, 0.15) is 11.1 Å². The van der Waals surface area contributed by atoms with Crippen molar-refractivity contribution in [3.63, 3.8) is 0 Å². The Bertz CT molecular complexity index is 602. The van der Waals surface area contributed by atoms with Gasteiger partial charge < -0.3 is 9.53 Å². The van der Waals surface area contributed by atoms with Crippen LogP contribution >= 0.6 is 34.4 Å². The molecule has 3 atom stereocenters. The van der Waals surface area contributed by atoms with Crippen LogP contribution in [0.2, 0.25) is 18.1 Å². The summed E-state index contributed by atoms with van der Waals surface area (Å²) in [6, 6.07) is 0. The number of aliphatic carboxylic acids is 1. The topological polar surface area (TPSA) is 66.8 Å². The number of carbonyl (C=O) groups is 2. The molecule has 0 aromatic heterocycles. The summed E-state index contributed by atoms with van der Waals surface area (Å²) in [5, 5.41) is 9.50. The third-order valence-corrected chi connectivity index (χ3v) is 12.1. The summed E-state index contributed by atoms with van der Waals surface area (Å²) in [6.45, 7) is 12.9. The average Bonchev–Trinajstić information content (AvgIpc) is 2.77. The monoisotopic (exact) mass is 497 g/mol. The predicted molar refractivity (Wildman–Crippen MR) is 112 cm³/mol. The van der Waals surface area contributed by atoms with E-state index in [9.17, 15) is 14.7 Å². The Balaban J connectivity index is 2.14. The number of fused-ring (bicyclic) bond motifs is 1. The maximum Gasteiger partial charge on any atom is 0.353 e. The lowest BCUT2D eigenvalue weighted by atomic mass is 9.92. The predicted octanol–water partition coefficient (Wildman–Crippen LogP) is 4.44. The Kier molecular flexibility index (Phi) is 6.38. The van der Waals surface area contributed by atoms with E-state index in [1.165, 1.54) is 4.90 Å². The number of thioether (sulfide) groups is 1. The maximum absolute atomic E-state index is 12.7. The van der Waals surface area contributed by atoms with E-state index in [-0.39, 0.29) is 34.0 Å². The number of rotatable bonds is 7. The first-order valence-corrected chi connectivity index (χ1v) is 13.9. The van der Waals surface area contributed by atoms with E-state index in [1.54, 1.807) is 11.8 Å². The number of β-lactam (4-membered cyclic amide) rings is 1. The molecule has 0 aliphatic carbocycles. The Morgan fingerprint density at radius 1 is 1.44 bits per heavy atom. The van der Waals surface area contributed by atoms with Gasteiger partial charge in [0.15, 0.2) is 8.32 Å². The first-order chi connectivity index (χ1) is 11.4. The van der Waals surface area contributed by atoms with Crippen molar-refractivity contribution in [2.45, 2.75) is 70.1 Å². The first-order valence-electron chi connectivity index (χ1n) is 8.62. The molecule has 1 fully saturated rings. The fourth-order valence-electron chi connectivity index (χ4n) is 2.96. The van der Waals surface area contributed by atoms with E-state index in [1.807, 2.05) is 6.92 Å². The zero-order valence-corrected chi connectivity index (χ0v) is 19.7. The number of carboxylic acids is 1. The lowest BCUT2D eigenvalue weighted by molar-refractivity contribution is -0.156. The van der Waals surface area contributed by atoms with E-state index >= 15 is 0 Å². The minimum absolute atomic E-state index is 0.0759. The SMILES string of the molecule is C[C@@H](O[Si](C)(C)C(C)(C)C)[C@H]1C(=O)N2C(C(=O)O)=C(CCCI)S[C@H]12.